The van der Waals surface area contributed by atoms with Gasteiger partial charge in [-0.2, -0.15) is 0 Å². The molecule has 3 aromatic rings. The molecule has 0 amide bonds. The van der Waals surface area contributed by atoms with Gasteiger partial charge in [0, 0.05) is 36.5 Å². The Morgan fingerprint density at radius 1 is 1.03 bits per heavy atom. The number of alkyl halides is 1. The SMILES string of the molecule is Cc1cc2nc(NC3CC3)c(N3CCC([C@@H](F)c4ccc(F)cc4F)CC3)nc2cn1. The summed E-state index contributed by atoms with van der Waals surface area (Å²) >= 11 is 0. The molecule has 3 heterocycles. The molecule has 5 rings (SSSR count). The smallest absolute Gasteiger partial charge is 0.172 e. The van der Waals surface area contributed by atoms with Crippen molar-refractivity contribution in [3.63, 3.8) is 0 Å². The van der Waals surface area contributed by atoms with E-state index in [1.54, 1.807) is 6.20 Å². The fourth-order valence-electron chi connectivity index (χ4n) is 4.17. The molecule has 8 heteroatoms. The first-order valence-electron chi connectivity index (χ1n) is 10.7. The van der Waals surface area contributed by atoms with Gasteiger partial charge in [0.15, 0.2) is 11.6 Å². The summed E-state index contributed by atoms with van der Waals surface area (Å²) in [7, 11) is 0. The second-order valence-electron chi connectivity index (χ2n) is 8.52. The maximum absolute atomic E-state index is 15.0. The zero-order chi connectivity index (χ0) is 21.5. The summed E-state index contributed by atoms with van der Waals surface area (Å²) in [6, 6.07) is 5.40. The maximum atomic E-state index is 15.0. The van der Waals surface area contributed by atoms with Crippen molar-refractivity contribution >= 4 is 22.7 Å². The summed E-state index contributed by atoms with van der Waals surface area (Å²) in [5.41, 5.74) is 2.34. The number of rotatable bonds is 5. The molecule has 1 aliphatic heterocycles. The lowest BCUT2D eigenvalue weighted by Crippen LogP contribution is -2.36. The normalized spacial score (nSPS) is 18.4. The molecule has 1 N–H and O–H groups in total. The van der Waals surface area contributed by atoms with E-state index < -0.39 is 17.8 Å². The van der Waals surface area contributed by atoms with E-state index in [0.29, 0.717) is 32.0 Å². The number of hydrogen-bond acceptors (Lipinski definition) is 5. The van der Waals surface area contributed by atoms with Gasteiger partial charge in [-0.05, 0) is 50.7 Å². The minimum atomic E-state index is -1.46. The first kappa shape index (κ1) is 20.0. The summed E-state index contributed by atoms with van der Waals surface area (Å²) < 4.78 is 42.2. The Bertz CT molecular complexity index is 1110. The van der Waals surface area contributed by atoms with Crippen molar-refractivity contribution in [1.29, 1.82) is 0 Å². The highest BCUT2D eigenvalue weighted by Gasteiger charge is 2.32. The number of hydrogen-bond donors (Lipinski definition) is 1. The number of aromatic nitrogens is 3. The van der Waals surface area contributed by atoms with Crippen LogP contribution in [-0.4, -0.2) is 34.1 Å². The Morgan fingerprint density at radius 2 is 1.81 bits per heavy atom. The first-order valence-corrected chi connectivity index (χ1v) is 10.7. The molecule has 1 aliphatic carbocycles. The number of aryl methyl sites for hydroxylation is 1. The fraction of sp³-hybridized carbons (Fsp3) is 0.435. The molecule has 162 valence electrons. The van der Waals surface area contributed by atoms with Gasteiger partial charge >= 0.3 is 0 Å². The van der Waals surface area contributed by atoms with Gasteiger partial charge in [0.05, 0.1) is 11.7 Å². The zero-order valence-electron chi connectivity index (χ0n) is 17.3. The predicted octanol–water partition coefficient (Wildman–Crippen LogP) is 5.11. The number of benzene rings is 1. The monoisotopic (exact) mass is 427 g/mol. The Morgan fingerprint density at radius 3 is 2.52 bits per heavy atom. The van der Waals surface area contributed by atoms with Crippen LogP contribution in [0.1, 0.15) is 43.1 Å². The average Bonchev–Trinajstić information content (AvgIpc) is 3.57. The lowest BCUT2D eigenvalue weighted by Gasteiger charge is -2.35. The van der Waals surface area contributed by atoms with Crippen molar-refractivity contribution in [3.8, 4) is 0 Å². The Hall–Kier alpha value is -2.90. The lowest BCUT2D eigenvalue weighted by atomic mass is 9.88. The van der Waals surface area contributed by atoms with Gasteiger partial charge in [0.1, 0.15) is 23.3 Å². The Balaban J connectivity index is 1.36. The summed E-state index contributed by atoms with van der Waals surface area (Å²) in [5, 5.41) is 3.47. The number of anilines is 2. The van der Waals surface area contributed by atoms with E-state index in [-0.39, 0.29) is 11.5 Å². The molecular formula is C23H24F3N5. The number of nitrogens with zero attached hydrogens (tertiary/aromatic N) is 4. The van der Waals surface area contributed by atoms with Crippen LogP contribution in [0.25, 0.3) is 11.0 Å². The van der Waals surface area contributed by atoms with Gasteiger partial charge in [0.2, 0.25) is 0 Å². The predicted molar refractivity (Wildman–Crippen MR) is 114 cm³/mol. The van der Waals surface area contributed by atoms with Crippen LogP contribution in [0.4, 0.5) is 24.8 Å². The van der Waals surface area contributed by atoms with Crippen molar-refractivity contribution in [2.45, 2.75) is 44.8 Å². The molecule has 1 saturated carbocycles. The molecule has 2 aliphatic rings. The molecule has 2 fully saturated rings. The molecule has 1 atom stereocenters. The van der Waals surface area contributed by atoms with E-state index in [9.17, 15) is 8.78 Å². The molecular weight excluding hydrogens is 403 g/mol. The quantitative estimate of drug-likeness (QED) is 0.613. The molecule has 0 radical (unpaired) electrons. The van der Waals surface area contributed by atoms with Crippen LogP contribution in [0.15, 0.2) is 30.5 Å². The van der Waals surface area contributed by atoms with Gasteiger partial charge < -0.3 is 10.2 Å². The molecule has 1 aromatic carbocycles. The van der Waals surface area contributed by atoms with E-state index in [4.69, 9.17) is 9.97 Å². The zero-order valence-corrected chi connectivity index (χ0v) is 17.3. The number of nitrogens with one attached hydrogen (secondary N) is 1. The second-order valence-corrected chi connectivity index (χ2v) is 8.52. The molecule has 0 spiro atoms. The van der Waals surface area contributed by atoms with Gasteiger partial charge in [-0.25, -0.2) is 23.1 Å². The highest BCUT2D eigenvalue weighted by molar-refractivity contribution is 5.80. The molecule has 2 aromatic heterocycles. The maximum Gasteiger partial charge on any atom is 0.172 e. The third-order valence-corrected chi connectivity index (χ3v) is 6.10. The van der Waals surface area contributed by atoms with Gasteiger partial charge in [-0.15, -0.1) is 0 Å². The van der Waals surface area contributed by atoms with Crippen LogP contribution in [0.2, 0.25) is 0 Å². The molecule has 1 saturated heterocycles. The Labute approximate surface area is 178 Å². The number of halogens is 3. The van der Waals surface area contributed by atoms with Crippen LogP contribution in [0, 0.1) is 24.5 Å². The average molecular weight is 427 g/mol. The van der Waals surface area contributed by atoms with Gasteiger partial charge in [0.25, 0.3) is 0 Å². The number of piperidine rings is 1. The van der Waals surface area contributed by atoms with E-state index >= 15 is 4.39 Å². The first-order chi connectivity index (χ1) is 15.0. The van der Waals surface area contributed by atoms with Crippen molar-refractivity contribution in [2.24, 2.45) is 5.92 Å². The third-order valence-electron chi connectivity index (χ3n) is 6.10. The van der Waals surface area contributed by atoms with Gasteiger partial charge in [-0.1, -0.05) is 6.07 Å². The van der Waals surface area contributed by atoms with Crippen LogP contribution in [0.5, 0.6) is 0 Å². The summed E-state index contributed by atoms with van der Waals surface area (Å²) in [6.07, 6.45) is 3.59. The van der Waals surface area contributed by atoms with Gasteiger partial charge in [-0.3, -0.25) is 4.98 Å². The van der Waals surface area contributed by atoms with Crippen LogP contribution in [0.3, 0.4) is 0 Å². The fourth-order valence-corrected chi connectivity index (χ4v) is 4.17. The standard InChI is InChI=1S/C23H24F3N5/c1-13-10-19-20(12-27-13)30-23(22(29-19)28-16-3-4-16)31-8-6-14(7-9-31)21(26)17-5-2-15(24)11-18(17)25/h2,5,10-12,14,16,21H,3-4,6-9H2,1H3,(H,28,29)/t21-/m1/s1. The minimum absolute atomic E-state index is 0.0668. The molecule has 31 heavy (non-hydrogen) atoms. The third kappa shape index (κ3) is 4.16. The van der Waals surface area contributed by atoms with Crippen molar-refractivity contribution in [2.75, 3.05) is 23.3 Å². The van der Waals surface area contributed by atoms with E-state index in [0.717, 1.165) is 53.3 Å². The van der Waals surface area contributed by atoms with Crippen LogP contribution >= 0.6 is 0 Å². The second kappa shape index (κ2) is 7.98. The summed E-state index contributed by atoms with van der Waals surface area (Å²) in [5.74, 6) is -0.339. The highest BCUT2D eigenvalue weighted by Crippen LogP contribution is 2.38. The Kier molecular flexibility index (Phi) is 5.16. The van der Waals surface area contributed by atoms with E-state index in [1.807, 2.05) is 13.0 Å². The van der Waals surface area contributed by atoms with Crippen molar-refractivity contribution in [1.82, 2.24) is 15.0 Å². The van der Waals surface area contributed by atoms with E-state index in [1.165, 1.54) is 6.07 Å². The van der Waals surface area contributed by atoms with Crippen LogP contribution in [-0.2, 0) is 0 Å². The molecule has 0 bridgehead atoms. The summed E-state index contributed by atoms with van der Waals surface area (Å²) in [6.45, 7) is 3.10. The van der Waals surface area contributed by atoms with Crippen LogP contribution < -0.4 is 10.2 Å². The lowest BCUT2D eigenvalue weighted by molar-refractivity contribution is 0.193. The minimum Gasteiger partial charge on any atom is -0.364 e. The largest absolute Gasteiger partial charge is 0.364 e. The number of pyridine rings is 1. The summed E-state index contributed by atoms with van der Waals surface area (Å²) in [4.78, 5) is 16.1. The van der Waals surface area contributed by atoms with E-state index in [2.05, 4.69) is 15.2 Å². The number of fused-ring (bicyclic) bond motifs is 1. The highest BCUT2D eigenvalue weighted by atomic mass is 19.1. The molecule has 0 unspecified atom stereocenters. The topological polar surface area (TPSA) is 53.9 Å². The van der Waals surface area contributed by atoms with Crippen molar-refractivity contribution in [3.05, 3.63) is 53.4 Å². The molecule has 5 nitrogen and oxygen atoms in total. The van der Waals surface area contributed by atoms with Crippen molar-refractivity contribution < 1.29 is 13.2 Å².